The SMILES string of the molecule is CCNc1cncc(OCc2ccccc2Br)n1. The first kappa shape index (κ1) is 12.8. The Balaban J connectivity index is 2.02. The van der Waals surface area contributed by atoms with Gasteiger partial charge in [-0.1, -0.05) is 34.1 Å². The predicted octanol–water partition coefficient (Wildman–Crippen LogP) is 3.25. The fraction of sp³-hybridized carbons (Fsp3) is 0.231. The summed E-state index contributed by atoms with van der Waals surface area (Å²) in [6.45, 7) is 3.28. The zero-order valence-corrected chi connectivity index (χ0v) is 11.6. The van der Waals surface area contributed by atoms with Crippen LogP contribution in [0.3, 0.4) is 0 Å². The molecule has 0 radical (unpaired) electrons. The predicted molar refractivity (Wildman–Crippen MR) is 74.7 cm³/mol. The molecule has 0 fully saturated rings. The van der Waals surface area contributed by atoms with Crippen molar-refractivity contribution < 1.29 is 4.74 Å². The normalized spacial score (nSPS) is 10.1. The summed E-state index contributed by atoms with van der Waals surface area (Å²) >= 11 is 3.48. The molecule has 1 heterocycles. The van der Waals surface area contributed by atoms with Crippen LogP contribution in [-0.4, -0.2) is 16.5 Å². The lowest BCUT2D eigenvalue weighted by Crippen LogP contribution is -2.03. The number of hydrogen-bond donors (Lipinski definition) is 1. The van der Waals surface area contributed by atoms with Crippen LogP contribution in [0.25, 0.3) is 0 Å². The molecule has 0 aliphatic carbocycles. The highest BCUT2D eigenvalue weighted by Crippen LogP contribution is 2.18. The molecule has 94 valence electrons. The summed E-state index contributed by atoms with van der Waals surface area (Å²) in [6.07, 6.45) is 3.28. The van der Waals surface area contributed by atoms with Gasteiger partial charge in [0.2, 0.25) is 5.88 Å². The van der Waals surface area contributed by atoms with E-state index in [4.69, 9.17) is 4.74 Å². The smallest absolute Gasteiger partial charge is 0.234 e. The third-order valence-corrected chi connectivity index (χ3v) is 3.08. The van der Waals surface area contributed by atoms with E-state index in [1.54, 1.807) is 12.4 Å². The van der Waals surface area contributed by atoms with Gasteiger partial charge < -0.3 is 10.1 Å². The lowest BCUT2D eigenvalue weighted by atomic mass is 10.2. The van der Waals surface area contributed by atoms with Crippen molar-refractivity contribution in [1.29, 1.82) is 0 Å². The van der Waals surface area contributed by atoms with Gasteiger partial charge in [-0.2, -0.15) is 4.98 Å². The van der Waals surface area contributed by atoms with Crippen LogP contribution in [0.1, 0.15) is 12.5 Å². The molecule has 1 aromatic carbocycles. The van der Waals surface area contributed by atoms with Gasteiger partial charge in [-0.25, -0.2) is 0 Å². The number of aromatic nitrogens is 2. The number of halogens is 1. The topological polar surface area (TPSA) is 47.0 Å². The minimum Gasteiger partial charge on any atom is -0.472 e. The first-order valence-electron chi connectivity index (χ1n) is 5.71. The molecule has 0 saturated heterocycles. The van der Waals surface area contributed by atoms with Gasteiger partial charge in [0.15, 0.2) is 0 Å². The van der Waals surface area contributed by atoms with Gasteiger partial charge in [0.1, 0.15) is 12.4 Å². The van der Waals surface area contributed by atoms with Crippen molar-refractivity contribution in [2.75, 3.05) is 11.9 Å². The molecule has 1 N–H and O–H groups in total. The summed E-state index contributed by atoms with van der Waals surface area (Å²) in [4.78, 5) is 8.37. The van der Waals surface area contributed by atoms with E-state index >= 15 is 0 Å². The number of anilines is 1. The van der Waals surface area contributed by atoms with Gasteiger partial charge in [-0.05, 0) is 13.0 Å². The van der Waals surface area contributed by atoms with Crippen molar-refractivity contribution in [2.45, 2.75) is 13.5 Å². The summed E-state index contributed by atoms with van der Waals surface area (Å²) in [5, 5.41) is 3.09. The summed E-state index contributed by atoms with van der Waals surface area (Å²) in [5.74, 6) is 1.24. The number of nitrogens with one attached hydrogen (secondary N) is 1. The van der Waals surface area contributed by atoms with Gasteiger partial charge in [0, 0.05) is 16.6 Å². The van der Waals surface area contributed by atoms with Crippen LogP contribution in [0.5, 0.6) is 5.88 Å². The molecule has 2 aromatic rings. The van der Waals surface area contributed by atoms with Crippen molar-refractivity contribution in [3.05, 3.63) is 46.7 Å². The van der Waals surface area contributed by atoms with Crippen molar-refractivity contribution >= 4 is 21.7 Å². The molecule has 0 amide bonds. The van der Waals surface area contributed by atoms with Crippen molar-refractivity contribution in [3.8, 4) is 5.88 Å². The molecule has 4 nitrogen and oxygen atoms in total. The third-order valence-electron chi connectivity index (χ3n) is 2.30. The monoisotopic (exact) mass is 307 g/mol. The van der Waals surface area contributed by atoms with E-state index < -0.39 is 0 Å². The molecule has 0 saturated carbocycles. The molecule has 1 aromatic heterocycles. The molecular formula is C13H14BrN3O. The zero-order valence-electron chi connectivity index (χ0n) is 10.1. The van der Waals surface area contributed by atoms with E-state index in [0.29, 0.717) is 12.5 Å². The second-order valence-electron chi connectivity index (χ2n) is 3.65. The molecule has 0 aliphatic rings. The Labute approximate surface area is 115 Å². The number of hydrogen-bond acceptors (Lipinski definition) is 4. The Morgan fingerprint density at radius 2 is 2.11 bits per heavy atom. The third kappa shape index (κ3) is 3.43. The second-order valence-corrected chi connectivity index (χ2v) is 4.51. The standard InChI is InChI=1S/C13H14BrN3O/c1-2-16-12-7-15-8-13(17-12)18-9-10-5-3-4-6-11(10)14/h3-8H,2,9H2,1H3,(H,16,17). The van der Waals surface area contributed by atoms with E-state index in [1.165, 1.54) is 0 Å². The van der Waals surface area contributed by atoms with E-state index in [9.17, 15) is 0 Å². The Morgan fingerprint density at radius 1 is 1.28 bits per heavy atom. The minimum absolute atomic E-state index is 0.464. The van der Waals surface area contributed by atoms with Gasteiger partial charge in [0.25, 0.3) is 0 Å². The maximum absolute atomic E-state index is 5.62. The lowest BCUT2D eigenvalue weighted by Gasteiger charge is -2.08. The van der Waals surface area contributed by atoms with E-state index in [2.05, 4.69) is 31.2 Å². The maximum atomic E-state index is 5.62. The molecule has 18 heavy (non-hydrogen) atoms. The first-order valence-corrected chi connectivity index (χ1v) is 6.51. The van der Waals surface area contributed by atoms with E-state index in [0.717, 1.165) is 22.4 Å². The van der Waals surface area contributed by atoms with Crippen molar-refractivity contribution in [2.24, 2.45) is 0 Å². The minimum atomic E-state index is 0.464. The van der Waals surface area contributed by atoms with Crippen LogP contribution in [0.15, 0.2) is 41.1 Å². The molecule has 5 heteroatoms. The number of benzene rings is 1. The highest BCUT2D eigenvalue weighted by Gasteiger charge is 2.02. The Kier molecular flexibility index (Phi) is 4.52. The van der Waals surface area contributed by atoms with Crippen LogP contribution in [-0.2, 0) is 6.61 Å². The average molecular weight is 308 g/mol. The summed E-state index contributed by atoms with van der Waals surface area (Å²) in [5.41, 5.74) is 1.08. The van der Waals surface area contributed by atoms with Gasteiger partial charge in [0.05, 0.1) is 12.4 Å². The lowest BCUT2D eigenvalue weighted by molar-refractivity contribution is 0.292. The van der Waals surface area contributed by atoms with Gasteiger partial charge >= 0.3 is 0 Å². The molecular weight excluding hydrogens is 294 g/mol. The maximum Gasteiger partial charge on any atom is 0.234 e. The van der Waals surface area contributed by atoms with E-state index in [-0.39, 0.29) is 0 Å². The van der Waals surface area contributed by atoms with Gasteiger partial charge in [-0.3, -0.25) is 4.98 Å². The van der Waals surface area contributed by atoms with Crippen LogP contribution in [0.4, 0.5) is 5.82 Å². The molecule has 0 spiro atoms. The Hall–Kier alpha value is -1.62. The van der Waals surface area contributed by atoms with Crippen LogP contribution in [0.2, 0.25) is 0 Å². The largest absolute Gasteiger partial charge is 0.472 e. The Morgan fingerprint density at radius 3 is 2.89 bits per heavy atom. The molecule has 0 bridgehead atoms. The second kappa shape index (κ2) is 6.35. The zero-order chi connectivity index (χ0) is 12.8. The summed E-state index contributed by atoms with van der Waals surface area (Å²) < 4.78 is 6.64. The highest BCUT2D eigenvalue weighted by molar-refractivity contribution is 9.10. The number of ether oxygens (including phenoxy) is 1. The fourth-order valence-corrected chi connectivity index (χ4v) is 1.85. The van der Waals surface area contributed by atoms with Gasteiger partial charge in [-0.15, -0.1) is 0 Å². The van der Waals surface area contributed by atoms with Crippen molar-refractivity contribution in [3.63, 3.8) is 0 Å². The van der Waals surface area contributed by atoms with Crippen LogP contribution < -0.4 is 10.1 Å². The molecule has 0 unspecified atom stereocenters. The average Bonchev–Trinajstić information content (AvgIpc) is 2.39. The summed E-state index contributed by atoms with van der Waals surface area (Å²) in [7, 11) is 0. The number of rotatable bonds is 5. The molecule has 2 rings (SSSR count). The summed E-state index contributed by atoms with van der Waals surface area (Å²) in [6, 6.07) is 7.94. The van der Waals surface area contributed by atoms with E-state index in [1.807, 2.05) is 31.2 Å². The highest BCUT2D eigenvalue weighted by atomic mass is 79.9. The fourth-order valence-electron chi connectivity index (χ4n) is 1.45. The first-order chi connectivity index (χ1) is 8.79. The van der Waals surface area contributed by atoms with Crippen LogP contribution >= 0.6 is 15.9 Å². The van der Waals surface area contributed by atoms with Crippen molar-refractivity contribution in [1.82, 2.24) is 9.97 Å². The molecule has 0 atom stereocenters. The van der Waals surface area contributed by atoms with Crippen LogP contribution in [0, 0.1) is 0 Å². The number of nitrogens with zero attached hydrogens (tertiary/aromatic N) is 2. The molecule has 0 aliphatic heterocycles. The Bertz CT molecular complexity index is 519. The quantitative estimate of drug-likeness (QED) is 0.921.